The molecule has 1 aromatic carbocycles. The van der Waals surface area contributed by atoms with E-state index in [9.17, 15) is 0 Å². The second-order valence-electron chi connectivity index (χ2n) is 3.71. The van der Waals surface area contributed by atoms with E-state index in [-0.39, 0.29) is 0 Å². The third kappa shape index (κ3) is 2.36. The van der Waals surface area contributed by atoms with Crippen molar-refractivity contribution in [2.45, 2.75) is 20.3 Å². The van der Waals surface area contributed by atoms with E-state index in [0.717, 1.165) is 16.3 Å². The van der Waals surface area contributed by atoms with Crippen LogP contribution in [0.25, 0.3) is 0 Å². The Hall–Kier alpha value is -1.35. The third-order valence-electron chi connectivity index (χ3n) is 2.31. The maximum absolute atomic E-state index is 5.72. The molecule has 0 fully saturated rings. The van der Waals surface area contributed by atoms with E-state index in [2.05, 4.69) is 36.2 Å². The zero-order valence-corrected chi connectivity index (χ0v) is 9.77. The highest BCUT2D eigenvalue weighted by Gasteiger charge is 2.04. The van der Waals surface area contributed by atoms with Crippen LogP contribution in [-0.2, 0) is 6.42 Å². The van der Waals surface area contributed by atoms with Gasteiger partial charge in [-0.2, -0.15) is 0 Å². The van der Waals surface area contributed by atoms with Gasteiger partial charge in [0.25, 0.3) is 0 Å². The lowest BCUT2D eigenvalue weighted by atomic mass is 10.1. The Labute approximate surface area is 93.8 Å². The van der Waals surface area contributed by atoms with Crippen molar-refractivity contribution in [2.24, 2.45) is 0 Å². The van der Waals surface area contributed by atoms with Gasteiger partial charge in [0, 0.05) is 11.3 Å². The predicted octanol–water partition coefficient (Wildman–Crippen LogP) is 2.93. The SMILES string of the molecule is Cc1cccc(Cc2nc(N)c(C)s2)c1. The van der Waals surface area contributed by atoms with Crippen LogP contribution < -0.4 is 5.73 Å². The summed E-state index contributed by atoms with van der Waals surface area (Å²) in [4.78, 5) is 5.44. The molecule has 3 heteroatoms. The fraction of sp³-hybridized carbons (Fsp3) is 0.250. The molecule has 2 nitrogen and oxygen atoms in total. The Morgan fingerprint density at radius 2 is 2.13 bits per heavy atom. The van der Waals surface area contributed by atoms with E-state index in [4.69, 9.17) is 5.73 Å². The Balaban J connectivity index is 2.22. The summed E-state index contributed by atoms with van der Waals surface area (Å²) in [5, 5.41) is 1.09. The van der Waals surface area contributed by atoms with E-state index in [1.165, 1.54) is 11.1 Å². The number of nitrogen functional groups attached to an aromatic ring is 1. The van der Waals surface area contributed by atoms with Crippen molar-refractivity contribution in [1.29, 1.82) is 0 Å². The van der Waals surface area contributed by atoms with Gasteiger partial charge >= 0.3 is 0 Å². The quantitative estimate of drug-likeness (QED) is 0.841. The number of nitrogens with zero attached hydrogens (tertiary/aromatic N) is 1. The summed E-state index contributed by atoms with van der Waals surface area (Å²) in [6, 6.07) is 8.49. The number of hydrogen-bond donors (Lipinski definition) is 1. The van der Waals surface area contributed by atoms with Crippen molar-refractivity contribution in [3.63, 3.8) is 0 Å². The van der Waals surface area contributed by atoms with Crippen LogP contribution in [0.5, 0.6) is 0 Å². The predicted molar refractivity (Wildman–Crippen MR) is 65.2 cm³/mol. The molecular weight excluding hydrogens is 204 g/mol. The number of rotatable bonds is 2. The Morgan fingerprint density at radius 3 is 2.73 bits per heavy atom. The molecule has 78 valence electrons. The van der Waals surface area contributed by atoms with Crippen molar-refractivity contribution in [2.75, 3.05) is 5.73 Å². The summed E-state index contributed by atoms with van der Waals surface area (Å²) < 4.78 is 0. The Morgan fingerprint density at radius 1 is 1.33 bits per heavy atom. The normalized spacial score (nSPS) is 10.5. The van der Waals surface area contributed by atoms with Gasteiger partial charge < -0.3 is 5.73 Å². The molecule has 1 aromatic heterocycles. The van der Waals surface area contributed by atoms with Crippen LogP contribution in [0.3, 0.4) is 0 Å². The second-order valence-corrected chi connectivity index (χ2v) is 5.00. The molecule has 15 heavy (non-hydrogen) atoms. The van der Waals surface area contributed by atoms with Crippen molar-refractivity contribution in [3.05, 3.63) is 45.3 Å². The molecule has 0 atom stereocenters. The molecule has 0 saturated carbocycles. The first-order valence-electron chi connectivity index (χ1n) is 4.92. The summed E-state index contributed by atoms with van der Waals surface area (Å²) in [6.45, 7) is 4.11. The minimum absolute atomic E-state index is 0.669. The number of nitrogens with two attached hydrogens (primary N) is 1. The molecule has 2 N–H and O–H groups in total. The highest BCUT2D eigenvalue weighted by Crippen LogP contribution is 2.21. The van der Waals surface area contributed by atoms with E-state index in [1.807, 2.05) is 6.92 Å². The Bertz CT molecular complexity index is 455. The molecule has 2 rings (SSSR count). The summed E-state index contributed by atoms with van der Waals surface area (Å²) in [5.41, 5.74) is 8.30. The summed E-state index contributed by atoms with van der Waals surface area (Å²) in [6.07, 6.45) is 0.879. The number of thiazole rings is 1. The first-order valence-corrected chi connectivity index (χ1v) is 5.74. The molecule has 0 unspecified atom stereocenters. The molecule has 0 aliphatic heterocycles. The van der Waals surface area contributed by atoms with Crippen molar-refractivity contribution in [1.82, 2.24) is 4.98 Å². The van der Waals surface area contributed by atoms with Gasteiger partial charge in [-0.1, -0.05) is 29.8 Å². The lowest BCUT2D eigenvalue weighted by Crippen LogP contribution is -1.90. The molecule has 0 aliphatic carbocycles. The fourth-order valence-corrected chi connectivity index (χ4v) is 2.42. The van der Waals surface area contributed by atoms with Crippen molar-refractivity contribution < 1.29 is 0 Å². The molecule has 2 aromatic rings. The van der Waals surface area contributed by atoms with E-state index < -0.39 is 0 Å². The van der Waals surface area contributed by atoms with Crippen LogP contribution in [0.1, 0.15) is 21.0 Å². The molecule has 0 aliphatic rings. The van der Waals surface area contributed by atoms with Crippen LogP contribution in [-0.4, -0.2) is 4.98 Å². The molecule has 0 saturated heterocycles. The van der Waals surface area contributed by atoms with Gasteiger partial charge in [-0.15, -0.1) is 11.3 Å². The number of anilines is 1. The lowest BCUT2D eigenvalue weighted by Gasteiger charge is -1.98. The minimum Gasteiger partial charge on any atom is -0.383 e. The van der Waals surface area contributed by atoms with Crippen molar-refractivity contribution >= 4 is 17.2 Å². The smallest absolute Gasteiger partial charge is 0.137 e. The van der Waals surface area contributed by atoms with Gasteiger partial charge in [0.2, 0.25) is 0 Å². The first-order chi connectivity index (χ1) is 7.15. The maximum Gasteiger partial charge on any atom is 0.137 e. The van der Waals surface area contributed by atoms with Gasteiger partial charge in [-0.3, -0.25) is 0 Å². The highest BCUT2D eigenvalue weighted by atomic mass is 32.1. The number of hydrogen-bond acceptors (Lipinski definition) is 3. The zero-order valence-electron chi connectivity index (χ0n) is 8.95. The highest BCUT2D eigenvalue weighted by molar-refractivity contribution is 7.12. The topological polar surface area (TPSA) is 38.9 Å². The fourth-order valence-electron chi connectivity index (χ4n) is 1.54. The average Bonchev–Trinajstić information content (AvgIpc) is 2.45. The monoisotopic (exact) mass is 218 g/mol. The maximum atomic E-state index is 5.72. The molecule has 0 radical (unpaired) electrons. The van der Waals surface area contributed by atoms with Crippen molar-refractivity contribution in [3.8, 4) is 0 Å². The minimum atomic E-state index is 0.669. The van der Waals surface area contributed by atoms with Crippen LogP contribution >= 0.6 is 11.3 Å². The number of aryl methyl sites for hydroxylation is 2. The number of benzene rings is 1. The van der Waals surface area contributed by atoms with Gasteiger partial charge in [-0.25, -0.2) is 4.98 Å². The van der Waals surface area contributed by atoms with Gasteiger partial charge in [0.15, 0.2) is 0 Å². The standard InChI is InChI=1S/C12H14N2S/c1-8-4-3-5-10(6-8)7-11-14-12(13)9(2)15-11/h3-6H,7,13H2,1-2H3. The zero-order chi connectivity index (χ0) is 10.8. The molecular formula is C12H14N2S. The lowest BCUT2D eigenvalue weighted by molar-refractivity contribution is 1.13. The van der Waals surface area contributed by atoms with Crippen LogP contribution in [0, 0.1) is 13.8 Å². The van der Waals surface area contributed by atoms with Crippen LogP contribution in [0.4, 0.5) is 5.82 Å². The third-order valence-corrected chi connectivity index (χ3v) is 3.30. The molecule has 0 bridgehead atoms. The largest absolute Gasteiger partial charge is 0.383 e. The number of aromatic nitrogens is 1. The molecule has 0 spiro atoms. The second kappa shape index (κ2) is 4.03. The van der Waals surface area contributed by atoms with Crippen LogP contribution in [0.15, 0.2) is 24.3 Å². The van der Waals surface area contributed by atoms with E-state index in [1.54, 1.807) is 11.3 Å². The van der Waals surface area contributed by atoms with E-state index >= 15 is 0 Å². The van der Waals surface area contributed by atoms with Crippen LogP contribution in [0.2, 0.25) is 0 Å². The summed E-state index contributed by atoms with van der Waals surface area (Å²) in [7, 11) is 0. The molecule has 0 amide bonds. The van der Waals surface area contributed by atoms with Gasteiger partial charge in [0.05, 0.1) is 5.01 Å². The first kappa shape index (κ1) is 10.2. The summed E-state index contributed by atoms with van der Waals surface area (Å²) >= 11 is 1.68. The molecule has 1 heterocycles. The van der Waals surface area contributed by atoms with Gasteiger partial charge in [-0.05, 0) is 19.4 Å². The van der Waals surface area contributed by atoms with Gasteiger partial charge in [0.1, 0.15) is 5.82 Å². The Kier molecular flexibility index (Phi) is 2.73. The average molecular weight is 218 g/mol. The summed E-state index contributed by atoms with van der Waals surface area (Å²) in [5.74, 6) is 0.669. The van der Waals surface area contributed by atoms with E-state index in [0.29, 0.717) is 5.82 Å².